The summed E-state index contributed by atoms with van der Waals surface area (Å²) in [5, 5.41) is 9.46. The zero-order chi connectivity index (χ0) is 11.2. The van der Waals surface area contributed by atoms with E-state index in [4.69, 9.17) is 9.47 Å². The van der Waals surface area contributed by atoms with Crippen molar-refractivity contribution in [2.45, 2.75) is 58.3 Å². The maximum absolute atomic E-state index is 9.46. The molecule has 0 radical (unpaired) electrons. The van der Waals surface area contributed by atoms with Crippen LogP contribution < -0.4 is 0 Å². The molecule has 14 heavy (non-hydrogen) atoms. The Bertz CT molecular complexity index is 145. The number of methoxy groups -OCH3 is 1. The van der Waals surface area contributed by atoms with Gasteiger partial charge in [-0.2, -0.15) is 0 Å². The van der Waals surface area contributed by atoms with E-state index >= 15 is 0 Å². The number of hydrogen-bond acceptors (Lipinski definition) is 3. The van der Waals surface area contributed by atoms with Crippen LogP contribution in [0.2, 0.25) is 0 Å². The first-order chi connectivity index (χ1) is 6.43. The van der Waals surface area contributed by atoms with Crippen molar-refractivity contribution in [1.82, 2.24) is 0 Å². The Hall–Kier alpha value is -0.120. The van der Waals surface area contributed by atoms with Gasteiger partial charge < -0.3 is 14.6 Å². The van der Waals surface area contributed by atoms with E-state index in [9.17, 15) is 5.11 Å². The SMILES string of the molecule is CCC(O)C(C)OCCC(C)(C)OC. The third kappa shape index (κ3) is 5.58. The number of hydrogen-bond donors (Lipinski definition) is 1. The summed E-state index contributed by atoms with van der Waals surface area (Å²) in [4.78, 5) is 0. The van der Waals surface area contributed by atoms with E-state index in [2.05, 4.69) is 0 Å². The molecule has 0 heterocycles. The molecule has 0 aliphatic rings. The molecule has 2 atom stereocenters. The average Bonchev–Trinajstić information content (AvgIpc) is 2.16. The summed E-state index contributed by atoms with van der Waals surface area (Å²) in [6.07, 6.45) is 1.12. The molecular weight excluding hydrogens is 180 g/mol. The largest absolute Gasteiger partial charge is 0.390 e. The summed E-state index contributed by atoms with van der Waals surface area (Å²) in [7, 11) is 1.70. The van der Waals surface area contributed by atoms with Crippen LogP contribution in [0.4, 0.5) is 0 Å². The van der Waals surface area contributed by atoms with Crippen molar-refractivity contribution >= 4 is 0 Å². The van der Waals surface area contributed by atoms with Crippen molar-refractivity contribution < 1.29 is 14.6 Å². The van der Waals surface area contributed by atoms with E-state index in [1.54, 1.807) is 7.11 Å². The van der Waals surface area contributed by atoms with Crippen molar-refractivity contribution in [3.63, 3.8) is 0 Å². The van der Waals surface area contributed by atoms with Crippen LogP contribution in [0.1, 0.15) is 40.5 Å². The summed E-state index contributed by atoms with van der Waals surface area (Å²) in [6.45, 7) is 8.52. The van der Waals surface area contributed by atoms with Crippen molar-refractivity contribution in [2.24, 2.45) is 0 Å². The van der Waals surface area contributed by atoms with Gasteiger partial charge in [-0.05, 0) is 33.6 Å². The monoisotopic (exact) mass is 204 g/mol. The summed E-state index contributed by atoms with van der Waals surface area (Å²) >= 11 is 0. The van der Waals surface area contributed by atoms with Gasteiger partial charge in [0.2, 0.25) is 0 Å². The highest BCUT2D eigenvalue weighted by atomic mass is 16.5. The van der Waals surface area contributed by atoms with Crippen molar-refractivity contribution in [3.8, 4) is 0 Å². The molecule has 0 saturated heterocycles. The minimum Gasteiger partial charge on any atom is -0.390 e. The molecule has 0 amide bonds. The predicted molar refractivity (Wildman–Crippen MR) is 57.4 cm³/mol. The molecule has 0 aliphatic heterocycles. The molecule has 0 rings (SSSR count). The van der Waals surface area contributed by atoms with Gasteiger partial charge in [0, 0.05) is 13.7 Å². The van der Waals surface area contributed by atoms with Gasteiger partial charge in [-0.25, -0.2) is 0 Å². The van der Waals surface area contributed by atoms with Crippen LogP contribution in [0.25, 0.3) is 0 Å². The lowest BCUT2D eigenvalue weighted by molar-refractivity contribution is -0.0576. The molecule has 0 fully saturated rings. The number of ether oxygens (including phenoxy) is 2. The van der Waals surface area contributed by atoms with E-state index in [1.807, 2.05) is 27.7 Å². The number of aliphatic hydroxyl groups excluding tert-OH is 1. The highest BCUT2D eigenvalue weighted by Gasteiger charge is 2.18. The summed E-state index contributed by atoms with van der Waals surface area (Å²) in [5.74, 6) is 0. The standard InChI is InChI=1S/C11H24O3/c1-6-10(12)9(2)14-8-7-11(3,4)13-5/h9-10,12H,6-8H2,1-5H3. The zero-order valence-electron chi connectivity index (χ0n) is 10.0. The van der Waals surface area contributed by atoms with Crippen LogP contribution in [-0.2, 0) is 9.47 Å². The van der Waals surface area contributed by atoms with Crippen molar-refractivity contribution in [2.75, 3.05) is 13.7 Å². The molecule has 0 bridgehead atoms. The Morgan fingerprint density at radius 2 is 1.93 bits per heavy atom. The zero-order valence-corrected chi connectivity index (χ0v) is 10.0. The molecule has 0 aromatic rings. The fourth-order valence-electron chi connectivity index (χ4n) is 1.04. The predicted octanol–water partition coefficient (Wildman–Crippen LogP) is 1.98. The second kappa shape index (κ2) is 6.38. The summed E-state index contributed by atoms with van der Waals surface area (Å²) < 4.78 is 10.8. The van der Waals surface area contributed by atoms with E-state index in [0.29, 0.717) is 6.61 Å². The highest BCUT2D eigenvalue weighted by molar-refractivity contribution is 4.68. The molecule has 0 aliphatic carbocycles. The van der Waals surface area contributed by atoms with Crippen LogP contribution in [0.5, 0.6) is 0 Å². The van der Waals surface area contributed by atoms with Crippen molar-refractivity contribution in [3.05, 3.63) is 0 Å². The Morgan fingerprint density at radius 3 is 2.36 bits per heavy atom. The number of aliphatic hydroxyl groups is 1. The Balaban J connectivity index is 3.63. The van der Waals surface area contributed by atoms with Gasteiger partial charge in [0.05, 0.1) is 17.8 Å². The van der Waals surface area contributed by atoms with Gasteiger partial charge in [0.15, 0.2) is 0 Å². The lowest BCUT2D eigenvalue weighted by Crippen LogP contribution is -2.29. The first-order valence-corrected chi connectivity index (χ1v) is 5.27. The van der Waals surface area contributed by atoms with E-state index < -0.39 is 0 Å². The lowest BCUT2D eigenvalue weighted by Gasteiger charge is -2.24. The minimum atomic E-state index is -0.361. The first-order valence-electron chi connectivity index (χ1n) is 5.27. The van der Waals surface area contributed by atoms with Gasteiger partial charge in [-0.3, -0.25) is 0 Å². The Morgan fingerprint density at radius 1 is 1.36 bits per heavy atom. The maximum atomic E-state index is 9.46. The van der Waals surface area contributed by atoms with E-state index in [-0.39, 0.29) is 17.8 Å². The van der Waals surface area contributed by atoms with Gasteiger partial charge in [-0.1, -0.05) is 6.92 Å². The van der Waals surface area contributed by atoms with Gasteiger partial charge in [0.25, 0.3) is 0 Å². The van der Waals surface area contributed by atoms with Crippen LogP contribution in [-0.4, -0.2) is 36.6 Å². The summed E-state index contributed by atoms with van der Waals surface area (Å²) in [5.41, 5.74) is -0.142. The smallest absolute Gasteiger partial charge is 0.0805 e. The fourth-order valence-corrected chi connectivity index (χ4v) is 1.04. The van der Waals surface area contributed by atoms with E-state index in [0.717, 1.165) is 12.8 Å². The normalized spacial score (nSPS) is 16.7. The molecule has 3 nitrogen and oxygen atoms in total. The van der Waals surface area contributed by atoms with Crippen molar-refractivity contribution in [1.29, 1.82) is 0 Å². The first kappa shape index (κ1) is 13.9. The molecule has 0 aromatic carbocycles. The van der Waals surface area contributed by atoms with Gasteiger partial charge in [-0.15, -0.1) is 0 Å². The molecular formula is C11H24O3. The van der Waals surface area contributed by atoms with Gasteiger partial charge >= 0.3 is 0 Å². The quantitative estimate of drug-likeness (QED) is 0.689. The molecule has 0 spiro atoms. The van der Waals surface area contributed by atoms with E-state index in [1.165, 1.54) is 0 Å². The fraction of sp³-hybridized carbons (Fsp3) is 1.00. The van der Waals surface area contributed by atoms with Crippen LogP contribution in [0, 0.1) is 0 Å². The van der Waals surface area contributed by atoms with Crippen LogP contribution >= 0.6 is 0 Å². The molecule has 1 N–H and O–H groups in total. The summed E-state index contributed by atoms with van der Waals surface area (Å²) in [6, 6.07) is 0. The maximum Gasteiger partial charge on any atom is 0.0805 e. The Kier molecular flexibility index (Phi) is 6.33. The molecule has 2 unspecified atom stereocenters. The van der Waals surface area contributed by atoms with Crippen LogP contribution in [0.15, 0.2) is 0 Å². The lowest BCUT2D eigenvalue weighted by atomic mass is 10.1. The molecule has 0 saturated carbocycles. The number of rotatable bonds is 7. The van der Waals surface area contributed by atoms with Crippen LogP contribution in [0.3, 0.4) is 0 Å². The topological polar surface area (TPSA) is 38.7 Å². The second-order valence-corrected chi connectivity index (χ2v) is 4.27. The van der Waals surface area contributed by atoms with Gasteiger partial charge in [0.1, 0.15) is 0 Å². The molecule has 0 aromatic heterocycles. The average molecular weight is 204 g/mol. The third-order valence-corrected chi connectivity index (χ3v) is 2.60. The third-order valence-electron chi connectivity index (χ3n) is 2.60. The minimum absolute atomic E-state index is 0.0901. The molecule has 3 heteroatoms. The highest BCUT2D eigenvalue weighted by Crippen LogP contribution is 2.13. The molecule has 86 valence electrons. The Labute approximate surface area is 87.4 Å². The second-order valence-electron chi connectivity index (χ2n) is 4.27.